The Hall–Kier alpha value is -0.750. The molecule has 0 rings (SSSR count). The molecule has 0 aromatic rings. The Balaban J connectivity index is 3.58. The number of unbranched alkanes of at least 4 members (excludes halogenated alkanes) is 9. The van der Waals surface area contributed by atoms with Gasteiger partial charge in [-0.2, -0.15) is 0 Å². The van der Waals surface area contributed by atoms with Gasteiger partial charge in [0.2, 0.25) is 4.93 Å². The van der Waals surface area contributed by atoms with Crippen molar-refractivity contribution in [1.82, 2.24) is 0 Å². The molecule has 1 atom stereocenters. The number of aliphatic hydroxyl groups is 1. The molecule has 22 heavy (non-hydrogen) atoms. The van der Waals surface area contributed by atoms with Crippen molar-refractivity contribution in [2.24, 2.45) is 0 Å². The number of hydrogen-bond acceptors (Lipinski definition) is 4. The summed E-state index contributed by atoms with van der Waals surface area (Å²) >= 11 is 0.813. The molecular formula is C16H30O5S. The fraction of sp³-hybridized carbons (Fsp3) is 0.875. The Kier molecular flexibility index (Phi) is 12.3. The lowest BCUT2D eigenvalue weighted by Gasteiger charge is -2.20. The van der Waals surface area contributed by atoms with Crippen LogP contribution >= 0.6 is 11.8 Å². The number of rotatable bonds is 15. The number of carbonyl (C=O) groups is 2. The molecule has 3 N–H and O–H groups in total. The van der Waals surface area contributed by atoms with E-state index in [2.05, 4.69) is 6.92 Å². The lowest BCUT2D eigenvalue weighted by atomic mass is 10.1. The van der Waals surface area contributed by atoms with Crippen molar-refractivity contribution in [3.63, 3.8) is 0 Å². The lowest BCUT2D eigenvalue weighted by Crippen LogP contribution is -2.37. The van der Waals surface area contributed by atoms with E-state index in [4.69, 9.17) is 10.2 Å². The maximum Gasteiger partial charge on any atom is 0.347 e. The van der Waals surface area contributed by atoms with E-state index in [1.807, 2.05) is 0 Å². The zero-order valence-corrected chi connectivity index (χ0v) is 14.4. The smallest absolute Gasteiger partial charge is 0.347 e. The molecule has 6 heteroatoms. The quantitative estimate of drug-likeness (QED) is 0.311. The molecule has 0 saturated carbocycles. The molecule has 0 spiro atoms. The summed E-state index contributed by atoms with van der Waals surface area (Å²) in [5.74, 6) is -2.32. The van der Waals surface area contributed by atoms with Crippen molar-refractivity contribution < 1.29 is 24.9 Å². The molecule has 1 unspecified atom stereocenters. The zero-order valence-electron chi connectivity index (χ0n) is 13.6. The highest BCUT2D eigenvalue weighted by molar-refractivity contribution is 8.01. The van der Waals surface area contributed by atoms with Crippen LogP contribution in [0.1, 0.15) is 77.6 Å². The van der Waals surface area contributed by atoms with Gasteiger partial charge in [-0.05, 0) is 12.2 Å². The van der Waals surface area contributed by atoms with E-state index in [1.54, 1.807) is 0 Å². The second kappa shape index (κ2) is 12.8. The summed E-state index contributed by atoms with van der Waals surface area (Å²) in [6, 6.07) is 0. The molecule has 5 nitrogen and oxygen atoms in total. The monoisotopic (exact) mass is 334 g/mol. The van der Waals surface area contributed by atoms with E-state index in [0.717, 1.165) is 31.0 Å². The molecule has 0 aliphatic rings. The lowest BCUT2D eigenvalue weighted by molar-refractivity contribution is -0.155. The third-order valence-corrected chi connectivity index (χ3v) is 4.85. The first kappa shape index (κ1) is 21.2. The van der Waals surface area contributed by atoms with E-state index in [0.29, 0.717) is 5.75 Å². The van der Waals surface area contributed by atoms with Crippen LogP contribution in [0.2, 0.25) is 0 Å². The minimum Gasteiger partial charge on any atom is -0.481 e. The molecule has 0 fully saturated rings. The highest BCUT2D eigenvalue weighted by Crippen LogP contribution is 2.28. The summed E-state index contributed by atoms with van der Waals surface area (Å²) in [5.41, 5.74) is 0. The van der Waals surface area contributed by atoms with Crippen molar-refractivity contribution in [3.8, 4) is 0 Å². The summed E-state index contributed by atoms with van der Waals surface area (Å²) in [7, 11) is 0. The third-order valence-electron chi connectivity index (χ3n) is 3.56. The zero-order chi connectivity index (χ0) is 16.8. The van der Waals surface area contributed by atoms with Gasteiger partial charge in [-0.15, -0.1) is 11.8 Å². The molecule has 0 aromatic heterocycles. The second-order valence-corrected chi connectivity index (χ2v) is 7.06. The average molecular weight is 334 g/mol. The van der Waals surface area contributed by atoms with Crippen LogP contribution in [0.5, 0.6) is 0 Å². The molecule has 130 valence electrons. The Morgan fingerprint density at radius 3 is 1.73 bits per heavy atom. The van der Waals surface area contributed by atoms with Gasteiger partial charge < -0.3 is 15.3 Å². The number of aliphatic carboxylic acids is 2. The summed E-state index contributed by atoms with van der Waals surface area (Å²) in [5, 5.41) is 27.3. The molecule has 0 aliphatic heterocycles. The second-order valence-electron chi connectivity index (χ2n) is 5.69. The van der Waals surface area contributed by atoms with Crippen molar-refractivity contribution in [3.05, 3.63) is 0 Å². The normalized spacial score (nSPS) is 13.7. The predicted molar refractivity (Wildman–Crippen MR) is 89.1 cm³/mol. The van der Waals surface area contributed by atoms with Crippen LogP contribution in [0.25, 0.3) is 0 Å². The van der Waals surface area contributed by atoms with Crippen LogP contribution in [0.4, 0.5) is 0 Å². The molecule has 0 radical (unpaired) electrons. The van der Waals surface area contributed by atoms with Gasteiger partial charge in [-0.25, -0.2) is 4.79 Å². The third kappa shape index (κ3) is 10.9. The number of carboxylic acid groups (broad SMARTS) is 2. The first-order chi connectivity index (χ1) is 10.4. The van der Waals surface area contributed by atoms with E-state index in [1.165, 1.54) is 44.9 Å². The maximum atomic E-state index is 10.9. The van der Waals surface area contributed by atoms with Gasteiger partial charge in [0, 0.05) is 0 Å². The predicted octanol–water partition coefficient (Wildman–Crippen LogP) is 3.89. The van der Waals surface area contributed by atoms with Crippen LogP contribution in [-0.2, 0) is 9.59 Å². The Morgan fingerprint density at radius 2 is 1.32 bits per heavy atom. The number of carboxylic acids is 2. The van der Waals surface area contributed by atoms with E-state index in [-0.39, 0.29) is 0 Å². The molecule has 0 amide bonds. The standard InChI is InChI=1S/C16H30O5S/c1-2-3-4-5-6-7-8-9-10-11-12-22-16(21,15(19)20)13-14(17)18/h21H,2-13H2,1H3,(H,17,18)(H,19,20). The fourth-order valence-electron chi connectivity index (χ4n) is 2.22. The Bertz CT molecular complexity index is 322. The van der Waals surface area contributed by atoms with Crippen LogP contribution in [-0.4, -0.2) is 37.9 Å². The van der Waals surface area contributed by atoms with E-state index in [9.17, 15) is 14.7 Å². The molecule has 0 aromatic carbocycles. The Morgan fingerprint density at radius 1 is 0.864 bits per heavy atom. The highest BCUT2D eigenvalue weighted by Gasteiger charge is 2.38. The van der Waals surface area contributed by atoms with Crippen molar-refractivity contribution in [2.75, 3.05) is 5.75 Å². The van der Waals surface area contributed by atoms with Gasteiger partial charge in [-0.1, -0.05) is 64.7 Å². The number of thioether (sulfide) groups is 1. The van der Waals surface area contributed by atoms with Crippen molar-refractivity contribution >= 4 is 23.7 Å². The van der Waals surface area contributed by atoms with Gasteiger partial charge in [-0.3, -0.25) is 4.79 Å². The summed E-state index contributed by atoms with van der Waals surface area (Å²) in [6.45, 7) is 2.21. The molecular weight excluding hydrogens is 304 g/mol. The largest absolute Gasteiger partial charge is 0.481 e. The minimum atomic E-state index is -2.20. The van der Waals surface area contributed by atoms with Gasteiger partial charge in [0.15, 0.2) is 0 Å². The van der Waals surface area contributed by atoms with E-state index >= 15 is 0 Å². The van der Waals surface area contributed by atoms with Gasteiger partial charge in [0.25, 0.3) is 0 Å². The SMILES string of the molecule is CCCCCCCCCCCCSC(O)(CC(=O)O)C(=O)O. The van der Waals surface area contributed by atoms with Gasteiger partial charge >= 0.3 is 11.9 Å². The first-order valence-corrected chi connectivity index (χ1v) is 9.22. The average Bonchev–Trinajstić information content (AvgIpc) is 2.43. The van der Waals surface area contributed by atoms with Gasteiger partial charge in [0.1, 0.15) is 0 Å². The fourth-order valence-corrected chi connectivity index (χ4v) is 3.26. The van der Waals surface area contributed by atoms with Crippen LogP contribution in [0.3, 0.4) is 0 Å². The van der Waals surface area contributed by atoms with E-state index < -0.39 is 23.3 Å². The molecule has 0 heterocycles. The molecule has 0 aliphatic carbocycles. The van der Waals surface area contributed by atoms with Crippen molar-refractivity contribution in [2.45, 2.75) is 82.5 Å². The summed E-state index contributed by atoms with van der Waals surface area (Å²) in [6.07, 6.45) is 11.1. The van der Waals surface area contributed by atoms with Crippen LogP contribution in [0.15, 0.2) is 0 Å². The minimum absolute atomic E-state index is 0.465. The number of hydrogen-bond donors (Lipinski definition) is 3. The molecule has 0 saturated heterocycles. The van der Waals surface area contributed by atoms with Crippen LogP contribution < -0.4 is 0 Å². The topological polar surface area (TPSA) is 94.8 Å². The van der Waals surface area contributed by atoms with Crippen LogP contribution in [0, 0.1) is 0 Å². The first-order valence-electron chi connectivity index (χ1n) is 8.24. The Labute approximate surface area is 137 Å². The maximum absolute atomic E-state index is 10.9. The van der Waals surface area contributed by atoms with Crippen molar-refractivity contribution in [1.29, 1.82) is 0 Å². The summed E-state index contributed by atoms with van der Waals surface area (Å²) in [4.78, 5) is 19.3. The highest BCUT2D eigenvalue weighted by atomic mass is 32.2. The summed E-state index contributed by atoms with van der Waals surface area (Å²) < 4.78 is 0. The van der Waals surface area contributed by atoms with Gasteiger partial charge in [0.05, 0.1) is 6.42 Å². The molecule has 0 bridgehead atoms.